The Morgan fingerprint density at radius 3 is 2.34 bits per heavy atom. The molecule has 7 heteroatoms. The Kier molecular flexibility index (Phi) is 11.5. The van der Waals surface area contributed by atoms with Crippen LogP contribution >= 0.6 is 0 Å². The first-order valence-electron chi connectivity index (χ1n) is 13.1. The van der Waals surface area contributed by atoms with E-state index in [-0.39, 0.29) is 29.7 Å². The van der Waals surface area contributed by atoms with E-state index in [9.17, 15) is 30.2 Å². The van der Waals surface area contributed by atoms with Crippen molar-refractivity contribution in [2.75, 3.05) is 0 Å². The Hall–Kier alpha value is -2.17. The first kappa shape index (κ1) is 29.1. The molecule has 196 valence electrons. The maximum absolute atomic E-state index is 12.7. The maximum atomic E-state index is 12.7. The number of esters is 1. The van der Waals surface area contributed by atoms with Crippen molar-refractivity contribution in [1.82, 2.24) is 0 Å². The smallest absolute Gasteiger partial charge is 0.308 e. The molecule has 1 fully saturated rings. The molecule has 9 atom stereocenters. The molecular formula is C28H43NO6. The Morgan fingerprint density at radius 2 is 1.71 bits per heavy atom. The summed E-state index contributed by atoms with van der Waals surface area (Å²) in [5, 5.41) is 40.6. The van der Waals surface area contributed by atoms with E-state index < -0.39 is 36.2 Å². The van der Waals surface area contributed by atoms with E-state index in [1.165, 1.54) is 0 Å². The van der Waals surface area contributed by atoms with E-state index in [0.29, 0.717) is 31.1 Å². The van der Waals surface area contributed by atoms with E-state index in [4.69, 9.17) is 4.74 Å². The Morgan fingerprint density at radius 1 is 1.06 bits per heavy atom. The molecule has 0 spiro atoms. The van der Waals surface area contributed by atoms with Gasteiger partial charge in [-0.3, -0.25) is 9.59 Å². The molecule has 0 aromatic carbocycles. The van der Waals surface area contributed by atoms with Crippen LogP contribution in [0.2, 0.25) is 0 Å². The molecule has 0 bridgehead atoms. The summed E-state index contributed by atoms with van der Waals surface area (Å²) in [6.45, 7) is 8.16. The number of nitriles is 1. The molecule has 0 aromatic rings. The molecule has 1 saturated carbocycles. The average molecular weight is 490 g/mol. The summed E-state index contributed by atoms with van der Waals surface area (Å²) in [5.74, 6) is -1.77. The van der Waals surface area contributed by atoms with Crippen LogP contribution in [0.25, 0.3) is 0 Å². The number of ether oxygens (including phenoxy) is 1. The monoisotopic (exact) mass is 489 g/mol. The molecule has 35 heavy (non-hydrogen) atoms. The van der Waals surface area contributed by atoms with Gasteiger partial charge in [-0.25, -0.2) is 0 Å². The van der Waals surface area contributed by atoms with Crippen molar-refractivity contribution in [3.05, 3.63) is 23.8 Å². The highest BCUT2D eigenvalue weighted by Crippen LogP contribution is 2.37. The fourth-order valence-corrected chi connectivity index (χ4v) is 5.97. The number of nitrogens with zero attached hydrogens (tertiary/aromatic N) is 1. The fourth-order valence-electron chi connectivity index (χ4n) is 5.97. The van der Waals surface area contributed by atoms with Gasteiger partial charge in [0.25, 0.3) is 0 Å². The number of hydrogen-bond donors (Lipinski definition) is 3. The normalized spacial score (nSPS) is 40.9. The van der Waals surface area contributed by atoms with Crippen molar-refractivity contribution >= 4 is 11.9 Å². The Balaban J connectivity index is 2.30. The van der Waals surface area contributed by atoms with Gasteiger partial charge in [-0.1, -0.05) is 46.3 Å². The maximum Gasteiger partial charge on any atom is 0.308 e. The van der Waals surface area contributed by atoms with E-state index in [1.807, 2.05) is 13.8 Å². The second-order valence-electron chi connectivity index (χ2n) is 11.1. The summed E-state index contributed by atoms with van der Waals surface area (Å²) in [7, 11) is 0. The third-order valence-corrected chi connectivity index (χ3v) is 7.80. The van der Waals surface area contributed by atoms with Gasteiger partial charge >= 0.3 is 11.9 Å². The predicted molar refractivity (Wildman–Crippen MR) is 133 cm³/mol. The van der Waals surface area contributed by atoms with Gasteiger partial charge in [0.1, 0.15) is 6.10 Å². The number of carboxylic acids is 1. The first-order valence-corrected chi connectivity index (χ1v) is 13.1. The van der Waals surface area contributed by atoms with Crippen LogP contribution in [0, 0.1) is 46.8 Å². The van der Waals surface area contributed by atoms with Crippen molar-refractivity contribution in [3.8, 4) is 6.07 Å². The van der Waals surface area contributed by atoms with Crippen LogP contribution in [0.4, 0.5) is 0 Å². The molecule has 0 aromatic heterocycles. The molecular weight excluding hydrogens is 446 g/mol. The fraction of sp³-hybridized carbons (Fsp3) is 0.750. The lowest BCUT2D eigenvalue weighted by atomic mass is 9.82. The van der Waals surface area contributed by atoms with Crippen molar-refractivity contribution in [2.24, 2.45) is 35.5 Å². The van der Waals surface area contributed by atoms with Gasteiger partial charge in [0.05, 0.1) is 36.2 Å². The summed E-state index contributed by atoms with van der Waals surface area (Å²) in [5.41, 5.74) is 0.282. The van der Waals surface area contributed by atoms with Crippen LogP contribution in [-0.2, 0) is 14.3 Å². The van der Waals surface area contributed by atoms with Gasteiger partial charge in [0.15, 0.2) is 0 Å². The molecule has 1 heterocycles. The SMILES string of the molecule is C[C@@H]1C[C@H](C)C[C@H](C)[C@H](O)/C(C#N)=C/C=C/C[C@H]([C@@H]2CCC[C@@H]2C(=O)O)OC(=O)C[C@H](O)[C@H](C)C1. The highest BCUT2D eigenvalue weighted by Gasteiger charge is 2.39. The number of aliphatic hydroxyl groups is 2. The van der Waals surface area contributed by atoms with Crippen LogP contribution in [0.1, 0.15) is 79.1 Å². The number of rotatable bonds is 2. The summed E-state index contributed by atoms with van der Waals surface area (Å²) in [6, 6.07) is 2.10. The summed E-state index contributed by atoms with van der Waals surface area (Å²) < 4.78 is 5.77. The lowest BCUT2D eigenvalue weighted by Crippen LogP contribution is -2.34. The minimum atomic E-state index is -0.882. The van der Waals surface area contributed by atoms with Crippen LogP contribution in [0.5, 0.6) is 0 Å². The van der Waals surface area contributed by atoms with E-state index >= 15 is 0 Å². The van der Waals surface area contributed by atoms with Crippen molar-refractivity contribution in [3.63, 3.8) is 0 Å². The number of aliphatic carboxylic acids is 1. The van der Waals surface area contributed by atoms with Gasteiger partial charge in [-0.2, -0.15) is 5.26 Å². The van der Waals surface area contributed by atoms with Gasteiger partial charge in [-0.05, 0) is 61.9 Å². The third kappa shape index (κ3) is 8.77. The number of carbonyl (C=O) groups excluding carboxylic acids is 1. The topological polar surface area (TPSA) is 128 Å². The van der Waals surface area contributed by atoms with E-state index in [1.54, 1.807) is 18.2 Å². The highest BCUT2D eigenvalue weighted by molar-refractivity contribution is 5.72. The molecule has 2 rings (SSSR count). The molecule has 3 N–H and O–H groups in total. The lowest BCUT2D eigenvalue weighted by molar-refractivity contribution is -0.159. The zero-order chi connectivity index (χ0) is 26.1. The zero-order valence-electron chi connectivity index (χ0n) is 21.6. The molecule has 2 aliphatic rings. The number of allylic oxidation sites excluding steroid dienone is 2. The second-order valence-corrected chi connectivity index (χ2v) is 11.1. The summed E-state index contributed by atoms with van der Waals surface area (Å²) >= 11 is 0. The third-order valence-electron chi connectivity index (χ3n) is 7.80. The average Bonchev–Trinajstić information content (AvgIpc) is 3.27. The van der Waals surface area contributed by atoms with Gasteiger partial charge in [0.2, 0.25) is 0 Å². The van der Waals surface area contributed by atoms with Crippen molar-refractivity contribution in [2.45, 2.75) is 97.4 Å². The number of carboxylic acid groups (broad SMARTS) is 1. The largest absolute Gasteiger partial charge is 0.481 e. The van der Waals surface area contributed by atoms with Crippen molar-refractivity contribution < 1.29 is 29.6 Å². The standard InChI is InChI=1S/C28H43NO6/c1-17-12-18(2)14-20(4)27(32)21(16-29)8-5-6-11-25(22-9-7-10-23(22)28(33)34)35-26(31)15-24(30)19(3)13-17/h5-6,8,17-20,22-25,27,30,32H,7,9-15H2,1-4H3,(H,33,34)/b6-5+,21-8+/t17-,18+,19-,20+,22-,23+,24+,25-,27+/m1/s1. The molecule has 0 unspecified atom stereocenters. The predicted octanol–water partition coefficient (Wildman–Crippen LogP) is 4.64. The van der Waals surface area contributed by atoms with Crippen LogP contribution in [0.3, 0.4) is 0 Å². The molecule has 0 radical (unpaired) electrons. The van der Waals surface area contributed by atoms with Gasteiger partial charge < -0.3 is 20.1 Å². The van der Waals surface area contributed by atoms with E-state index in [0.717, 1.165) is 25.7 Å². The van der Waals surface area contributed by atoms with Crippen molar-refractivity contribution in [1.29, 1.82) is 5.26 Å². The second kappa shape index (κ2) is 13.8. The minimum absolute atomic E-state index is 0.0816. The molecule has 0 saturated heterocycles. The highest BCUT2D eigenvalue weighted by atomic mass is 16.5. The zero-order valence-corrected chi connectivity index (χ0v) is 21.6. The number of carbonyl (C=O) groups is 2. The molecule has 1 aliphatic carbocycles. The van der Waals surface area contributed by atoms with Crippen LogP contribution in [-0.4, -0.2) is 45.6 Å². The quantitative estimate of drug-likeness (QED) is 0.482. The van der Waals surface area contributed by atoms with E-state index in [2.05, 4.69) is 19.9 Å². The van der Waals surface area contributed by atoms with Crippen LogP contribution < -0.4 is 0 Å². The molecule has 1 aliphatic heterocycles. The number of hydrogen-bond acceptors (Lipinski definition) is 6. The Bertz CT molecular complexity index is 815. The Labute approximate surface area is 209 Å². The number of cyclic esters (lactones) is 1. The van der Waals surface area contributed by atoms with Gasteiger partial charge in [0, 0.05) is 12.3 Å². The van der Waals surface area contributed by atoms with Gasteiger partial charge in [-0.15, -0.1) is 0 Å². The lowest BCUT2D eigenvalue weighted by Gasteiger charge is -2.28. The first-order chi connectivity index (χ1) is 16.5. The minimum Gasteiger partial charge on any atom is -0.481 e. The molecule has 0 amide bonds. The summed E-state index contributed by atoms with van der Waals surface area (Å²) in [4.78, 5) is 24.5. The summed E-state index contributed by atoms with van der Waals surface area (Å²) in [6.07, 6.45) is 7.33. The molecule has 7 nitrogen and oxygen atoms in total. The van der Waals surface area contributed by atoms with Crippen LogP contribution in [0.15, 0.2) is 23.8 Å². The number of aliphatic hydroxyl groups excluding tert-OH is 2.